The summed E-state index contributed by atoms with van der Waals surface area (Å²) >= 11 is 0. The lowest BCUT2D eigenvalue weighted by atomic mass is 10.3. The Morgan fingerprint density at radius 1 is 1.39 bits per heavy atom. The monoisotopic (exact) mass is 280 g/mol. The van der Waals surface area contributed by atoms with Crippen LogP contribution in [0.2, 0.25) is 0 Å². The van der Waals surface area contributed by atoms with E-state index in [4.69, 9.17) is 10.5 Å². The van der Waals surface area contributed by atoms with Crippen molar-refractivity contribution in [2.75, 3.05) is 26.0 Å². The Hall–Kier alpha value is -1.25. The molecule has 5 nitrogen and oxygen atoms in total. The van der Waals surface area contributed by atoms with E-state index in [-0.39, 0.29) is 12.2 Å². The van der Waals surface area contributed by atoms with Crippen molar-refractivity contribution in [1.29, 1.82) is 0 Å². The van der Waals surface area contributed by atoms with Crippen LogP contribution < -0.4 is 10.5 Å². The van der Waals surface area contributed by atoms with Crippen LogP contribution in [0.1, 0.15) is 6.42 Å². The summed E-state index contributed by atoms with van der Waals surface area (Å²) in [7, 11) is -2.64. The van der Waals surface area contributed by atoms with E-state index in [9.17, 15) is 17.2 Å². The molecule has 0 unspecified atom stereocenters. The van der Waals surface area contributed by atoms with Crippen LogP contribution in [0.3, 0.4) is 0 Å². The maximum absolute atomic E-state index is 13.4. The average molecular weight is 280 g/mol. The molecule has 0 amide bonds. The molecule has 1 aromatic carbocycles. The number of benzene rings is 1. The molecule has 0 atom stereocenters. The first-order valence-corrected chi connectivity index (χ1v) is 6.60. The van der Waals surface area contributed by atoms with Gasteiger partial charge >= 0.3 is 0 Å². The fraction of sp³-hybridized carbons (Fsp3) is 0.400. The second kappa shape index (κ2) is 6.07. The standard InChI is InChI=1S/C10H14F2N2O3S/c1-17-4-2-3-14-18(15,16)9-6-7(13)5-8(11)10(9)12/h5-6,14H,2-4,13H2,1H3. The van der Waals surface area contributed by atoms with Gasteiger partial charge in [-0.15, -0.1) is 0 Å². The second-order valence-electron chi connectivity index (χ2n) is 3.56. The van der Waals surface area contributed by atoms with Crippen molar-refractivity contribution in [3.8, 4) is 0 Å². The number of halogens is 2. The van der Waals surface area contributed by atoms with Gasteiger partial charge in [-0.1, -0.05) is 0 Å². The molecule has 0 aromatic heterocycles. The third-order valence-corrected chi connectivity index (χ3v) is 3.58. The van der Waals surface area contributed by atoms with Gasteiger partial charge in [0.2, 0.25) is 10.0 Å². The fourth-order valence-corrected chi connectivity index (χ4v) is 2.47. The SMILES string of the molecule is COCCCNS(=O)(=O)c1cc(N)cc(F)c1F. The first-order valence-electron chi connectivity index (χ1n) is 5.11. The number of sulfonamides is 1. The number of anilines is 1. The number of rotatable bonds is 6. The maximum Gasteiger partial charge on any atom is 0.243 e. The lowest BCUT2D eigenvalue weighted by molar-refractivity contribution is 0.196. The number of nitrogen functional groups attached to an aromatic ring is 1. The molecule has 0 fully saturated rings. The zero-order chi connectivity index (χ0) is 13.8. The number of ether oxygens (including phenoxy) is 1. The molecule has 0 spiro atoms. The van der Waals surface area contributed by atoms with Crippen LogP contribution in [-0.2, 0) is 14.8 Å². The van der Waals surface area contributed by atoms with Gasteiger partial charge in [0.05, 0.1) is 0 Å². The molecule has 102 valence electrons. The molecule has 8 heteroatoms. The van der Waals surface area contributed by atoms with Crippen molar-refractivity contribution < 1.29 is 21.9 Å². The number of nitrogens with one attached hydrogen (secondary N) is 1. The minimum Gasteiger partial charge on any atom is -0.399 e. The maximum atomic E-state index is 13.4. The lowest BCUT2D eigenvalue weighted by Crippen LogP contribution is -2.26. The van der Waals surface area contributed by atoms with E-state index in [0.29, 0.717) is 13.0 Å². The van der Waals surface area contributed by atoms with Gasteiger partial charge in [0.15, 0.2) is 11.6 Å². The summed E-state index contributed by atoms with van der Waals surface area (Å²) in [6, 6.07) is 1.59. The van der Waals surface area contributed by atoms with Gasteiger partial charge in [-0.3, -0.25) is 0 Å². The second-order valence-corrected chi connectivity index (χ2v) is 5.29. The van der Waals surface area contributed by atoms with Crippen LogP contribution in [0.4, 0.5) is 14.5 Å². The molecule has 0 aliphatic rings. The molecular formula is C10H14F2N2O3S. The van der Waals surface area contributed by atoms with Crippen LogP contribution in [0, 0.1) is 11.6 Å². The highest BCUT2D eigenvalue weighted by Crippen LogP contribution is 2.20. The van der Waals surface area contributed by atoms with Gasteiger partial charge in [-0.05, 0) is 18.6 Å². The van der Waals surface area contributed by atoms with Gasteiger partial charge < -0.3 is 10.5 Å². The van der Waals surface area contributed by atoms with Crippen molar-refractivity contribution in [3.63, 3.8) is 0 Å². The van der Waals surface area contributed by atoms with Crippen LogP contribution in [0.25, 0.3) is 0 Å². The average Bonchev–Trinajstić information content (AvgIpc) is 2.29. The molecule has 0 saturated carbocycles. The summed E-state index contributed by atoms with van der Waals surface area (Å²) in [4.78, 5) is -0.794. The number of methoxy groups -OCH3 is 1. The highest BCUT2D eigenvalue weighted by molar-refractivity contribution is 7.89. The Bertz CT molecular complexity index is 520. The quantitative estimate of drug-likeness (QED) is 0.598. The van der Waals surface area contributed by atoms with Gasteiger partial charge in [-0.25, -0.2) is 21.9 Å². The number of hydrogen-bond acceptors (Lipinski definition) is 4. The smallest absolute Gasteiger partial charge is 0.243 e. The molecule has 0 heterocycles. The predicted molar refractivity (Wildman–Crippen MR) is 62.5 cm³/mol. The summed E-state index contributed by atoms with van der Waals surface area (Å²) < 4.78 is 56.7. The Balaban J connectivity index is 2.91. The molecule has 1 rings (SSSR count). The summed E-state index contributed by atoms with van der Waals surface area (Å²) in [6.45, 7) is 0.419. The molecular weight excluding hydrogens is 266 g/mol. The summed E-state index contributed by atoms with van der Waals surface area (Å²) in [5.74, 6) is -2.74. The van der Waals surface area contributed by atoms with Gasteiger partial charge in [0, 0.05) is 25.9 Å². The van der Waals surface area contributed by atoms with E-state index < -0.39 is 26.6 Å². The third kappa shape index (κ3) is 3.62. The molecule has 0 aliphatic carbocycles. The van der Waals surface area contributed by atoms with Crippen molar-refractivity contribution in [3.05, 3.63) is 23.8 Å². The Morgan fingerprint density at radius 3 is 2.67 bits per heavy atom. The normalized spacial score (nSPS) is 11.7. The Morgan fingerprint density at radius 2 is 2.06 bits per heavy atom. The van der Waals surface area contributed by atoms with Crippen molar-refractivity contribution >= 4 is 15.7 Å². The molecule has 3 N–H and O–H groups in total. The zero-order valence-electron chi connectivity index (χ0n) is 9.74. The van der Waals surface area contributed by atoms with E-state index in [1.807, 2.05) is 0 Å². The first-order chi connectivity index (χ1) is 8.38. The first kappa shape index (κ1) is 14.8. The zero-order valence-corrected chi connectivity index (χ0v) is 10.6. The van der Waals surface area contributed by atoms with Crippen LogP contribution in [0.15, 0.2) is 17.0 Å². The van der Waals surface area contributed by atoms with Crippen molar-refractivity contribution in [1.82, 2.24) is 4.72 Å². The van der Waals surface area contributed by atoms with E-state index in [1.165, 1.54) is 7.11 Å². The summed E-state index contributed by atoms with van der Waals surface area (Å²) in [5, 5.41) is 0. The molecule has 0 aliphatic heterocycles. The summed E-state index contributed by atoms with van der Waals surface area (Å²) in [6.07, 6.45) is 0.419. The molecule has 18 heavy (non-hydrogen) atoms. The lowest BCUT2D eigenvalue weighted by Gasteiger charge is -2.08. The minimum atomic E-state index is -4.12. The third-order valence-electron chi connectivity index (χ3n) is 2.12. The van der Waals surface area contributed by atoms with Crippen LogP contribution in [-0.4, -0.2) is 28.7 Å². The predicted octanol–water partition coefficient (Wildman–Crippen LogP) is 0.862. The molecule has 0 saturated heterocycles. The molecule has 0 radical (unpaired) electrons. The van der Waals surface area contributed by atoms with Gasteiger partial charge in [0.25, 0.3) is 0 Å². The van der Waals surface area contributed by atoms with Crippen molar-refractivity contribution in [2.45, 2.75) is 11.3 Å². The number of hydrogen-bond donors (Lipinski definition) is 2. The minimum absolute atomic E-state index is 0.0615. The van der Waals surface area contributed by atoms with Gasteiger partial charge in [-0.2, -0.15) is 0 Å². The van der Waals surface area contributed by atoms with E-state index in [0.717, 1.165) is 12.1 Å². The largest absolute Gasteiger partial charge is 0.399 e. The van der Waals surface area contributed by atoms with Crippen LogP contribution >= 0.6 is 0 Å². The summed E-state index contributed by atoms with van der Waals surface area (Å²) in [5.41, 5.74) is 5.12. The van der Waals surface area contributed by atoms with Gasteiger partial charge in [0.1, 0.15) is 4.90 Å². The fourth-order valence-electron chi connectivity index (χ4n) is 1.28. The highest BCUT2D eigenvalue weighted by atomic mass is 32.2. The molecule has 1 aromatic rings. The van der Waals surface area contributed by atoms with Crippen molar-refractivity contribution in [2.24, 2.45) is 0 Å². The number of nitrogens with two attached hydrogens (primary N) is 1. The van der Waals surface area contributed by atoms with E-state index in [1.54, 1.807) is 0 Å². The topological polar surface area (TPSA) is 81.4 Å². The molecule has 0 bridgehead atoms. The van der Waals surface area contributed by atoms with E-state index >= 15 is 0 Å². The van der Waals surface area contributed by atoms with E-state index in [2.05, 4.69) is 4.72 Å². The highest BCUT2D eigenvalue weighted by Gasteiger charge is 2.22. The van der Waals surface area contributed by atoms with Crippen LogP contribution in [0.5, 0.6) is 0 Å². The Kier molecular flexibility index (Phi) is 5.00. The Labute approximate surface area is 104 Å².